The first-order valence-electron chi connectivity index (χ1n) is 8.71. The Morgan fingerprint density at radius 1 is 1.10 bits per heavy atom. The van der Waals surface area contributed by atoms with Gasteiger partial charge in [-0.25, -0.2) is 0 Å². The summed E-state index contributed by atoms with van der Waals surface area (Å²) in [5, 5.41) is 25.5. The molecule has 10 heteroatoms. The maximum Gasteiger partial charge on any atom is 0.245 e. The zero-order chi connectivity index (χ0) is 19.4. The summed E-state index contributed by atoms with van der Waals surface area (Å²) in [5.74, 6) is -2.74. The van der Waals surface area contributed by atoms with Gasteiger partial charge in [0.15, 0.2) is 0 Å². The van der Waals surface area contributed by atoms with Gasteiger partial charge in [-0.1, -0.05) is 29.3 Å². The van der Waals surface area contributed by atoms with E-state index >= 15 is 0 Å². The Bertz CT molecular complexity index is 803. The van der Waals surface area contributed by atoms with Gasteiger partial charge in [-0.05, 0) is 42.7 Å². The fourth-order valence-corrected chi connectivity index (χ4v) is 3.48. The number of aromatic nitrogens is 1. The monoisotopic (exact) mass is 481 g/mol. The summed E-state index contributed by atoms with van der Waals surface area (Å²) in [6.07, 6.45) is 4.72. The van der Waals surface area contributed by atoms with Crippen LogP contribution < -0.4 is 5.32 Å². The minimum absolute atomic E-state index is 0. The van der Waals surface area contributed by atoms with Gasteiger partial charge in [0.2, 0.25) is 11.7 Å². The van der Waals surface area contributed by atoms with Crippen LogP contribution in [0.25, 0.3) is 0 Å². The van der Waals surface area contributed by atoms with Crippen molar-refractivity contribution in [1.29, 1.82) is 0 Å². The molecule has 0 saturated carbocycles. The highest BCUT2D eigenvalue weighted by Gasteiger charge is 2.43. The van der Waals surface area contributed by atoms with Gasteiger partial charge < -0.3 is 15.1 Å². The van der Waals surface area contributed by atoms with Gasteiger partial charge in [-0.15, -0.1) is 24.8 Å². The van der Waals surface area contributed by atoms with Crippen molar-refractivity contribution >= 4 is 53.9 Å². The van der Waals surface area contributed by atoms with Crippen LogP contribution in [0.1, 0.15) is 24.0 Å². The minimum Gasteiger partial charge on any atom is -0.360 e. The average molecular weight is 483 g/mol. The summed E-state index contributed by atoms with van der Waals surface area (Å²) >= 11 is 12.0. The SMILES string of the molecule is Cl.Cl.O=C(C(NCc1ccc(Cl)c(Cl)c1)C(O)(O)c1ccncc1)N1CCCC1. The molecule has 0 radical (unpaired) electrons. The van der Waals surface area contributed by atoms with Crippen molar-refractivity contribution in [2.45, 2.75) is 31.2 Å². The number of nitrogens with one attached hydrogen (secondary N) is 1. The molecule has 2 heterocycles. The van der Waals surface area contributed by atoms with Gasteiger partial charge in [0.05, 0.1) is 10.0 Å². The molecule has 1 fully saturated rings. The Morgan fingerprint density at radius 3 is 2.31 bits per heavy atom. The van der Waals surface area contributed by atoms with Gasteiger partial charge in [-0.2, -0.15) is 0 Å². The first-order chi connectivity index (χ1) is 12.9. The summed E-state index contributed by atoms with van der Waals surface area (Å²) in [6.45, 7) is 1.43. The Morgan fingerprint density at radius 2 is 1.72 bits per heavy atom. The zero-order valence-corrected chi connectivity index (χ0v) is 18.6. The number of amides is 1. The van der Waals surface area contributed by atoms with Crippen molar-refractivity contribution in [3.8, 4) is 0 Å². The van der Waals surface area contributed by atoms with Gasteiger partial charge in [0, 0.05) is 37.6 Å². The molecule has 1 aromatic heterocycles. The highest BCUT2D eigenvalue weighted by atomic mass is 35.5. The molecular weight excluding hydrogens is 460 g/mol. The standard InChI is InChI=1S/C19H21Cl2N3O3.2ClH/c20-15-4-3-13(11-16(15)21)12-23-17(18(25)24-9-1-2-10-24)19(26,27)14-5-7-22-8-6-14;;/h3-8,11,17,23,26-27H,1-2,9-10,12H2;2*1H. The minimum atomic E-state index is -2.39. The molecule has 1 aliphatic heterocycles. The van der Waals surface area contributed by atoms with E-state index in [1.807, 2.05) is 0 Å². The topological polar surface area (TPSA) is 85.7 Å². The lowest BCUT2D eigenvalue weighted by Gasteiger charge is -2.34. The van der Waals surface area contributed by atoms with Crippen LogP contribution in [0.4, 0.5) is 0 Å². The number of nitrogens with zero attached hydrogens (tertiary/aromatic N) is 2. The fourth-order valence-electron chi connectivity index (χ4n) is 3.16. The fraction of sp³-hybridized carbons (Fsp3) is 0.368. The molecule has 3 rings (SSSR count). The van der Waals surface area contributed by atoms with Crippen LogP contribution in [-0.4, -0.2) is 45.1 Å². The number of likely N-dealkylation sites (tertiary alicyclic amines) is 1. The molecule has 1 aromatic carbocycles. The summed E-state index contributed by atoms with van der Waals surface area (Å²) in [6, 6.07) is 6.81. The molecule has 0 bridgehead atoms. The predicted molar refractivity (Wildman–Crippen MR) is 118 cm³/mol. The van der Waals surface area contributed by atoms with Gasteiger partial charge >= 0.3 is 0 Å². The summed E-state index contributed by atoms with van der Waals surface area (Å²) in [7, 11) is 0. The Kier molecular flexibility index (Phi) is 10.1. The Balaban J connectivity index is 0.00000210. The smallest absolute Gasteiger partial charge is 0.245 e. The lowest BCUT2D eigenvalue weighted by molar-refractivity contribution is -0.200. The molecule has 6 nitrogen and oxygen atoms in total. The zero-order valence-electron chi connectivity index (χ0n) is 15.4. The number of pyridine rings is 1. The van der Waals surface area contributed by atoms with E-state index in [1.54, 1.807) is 23.1 Å². The molecule has 0 aliphatic carbocycles. The molecule has 29 heavy (non-hydrogen) atoms. The molecule has 1 amide bonds. The molecule has 1 unspecified atom stereocenters. The first-order valence-corrected chi connectivity index (χ1v) is 9.46. The van der Waals surface area contributed by atoms with E-state index in [0.717, 1.165) is 18.4 Å². The Labute approximate surface area is 192 Å². The summed E-state index contributed by atoms with van der Waals surface area (Å²) in [5.41, 5.74) is 0.964. The van der Waals surface area contributed by atoms with Gasteiger partial charge in [-0.3, -0.25) is 15.1 Å². The number of halogens is 4. The molecule has 2 aromatic rings. The number of hydrogen-bond acceptors (Lipinski definition) is 5. The van der Waals surface area contributed by atoms with Crippen molar-refractivity contribution in [2.75, 3.05) is 13.1 Å². The number of rotatable bonds is 6. The molecule has 1 saturated heterocycles. The second-order valence-corrected chi connectivity index (χ2v) is 7.37. The highest BCUT2D eigenvalue weighted by molar-refractivity contribution is 6.42. The number of aliphatic hydroxyl groups is 2. The second-order valence-electron chi connectivity index (χ2n) is 6.56. The maximum atomic E-state index is 13.0. The van der Waals surface area contributed by atoms with Crippen molar-refractivity contribution in [2.24, 2.45) is 0 Å². The third-order valence-corrected chi connectivity index (χ3v) is 5.41. The summed E-state index contributed by atoms with van der Waals surface area (Å²) in [4.78, 5) is 18.5. The summed E-state index contributed by atoms with van der Waals surface area (Å²) < 4.78 is 0. The van der Waals surface area contributed by atoms with Gasteiger partial charge in [0.1, 0.15) is 6.04 Å². The van der Waals surface area contributed by atoms with Crippen molar-refractivity contribution in [3.63, 3.8) is 0 Å². The quantitative estimate of drug-likeness (QED) is 0.550. The predicted octanol–water partition coefficient (Wildman–Crippen LogP) is 3.15. The van der Waals surface area contributed by atoms with Crippen molar-refractivity contribution in [1.82, 2.24) is 15.2 Å². The van der Waals surface area contributed by atoms with E-state index < -0.39 is 11.8 Å². The van der Waals surface area contributed by atoms with E-state index in [9.17, 15) is 15.0 Å². The Hall–Kier alpha value is -1.12. The van der Waals surface area contributed by atoms with Gasteiger partial charge in [0.25, 0.3) is 0 Å². The first kappa shape index (κ1) is 25.9. The van der Waals surface area contributed by atoms with E-state index in [-0.39, 0.29) is 42.8 Å². The van der Waals surface area contributed by atoms with E-state index in [2.05, 4.69) is 10.3 Å². The number of carbonyl (C=O) groups excluding carboxylic acids is 1. The van der Waals surface area contributed by atoms with Crippen LogP contribution in [0.5, 0.6) is 0 Å². The molecule has 3 N–H and O–H groups in total. The van der Waals surface area contributed by atoms with E-state index in [0.29, 0.717) is 23.1 Å². The van der Waals surface area contributed by atoms with Crippen LogP contribution >= 0.6 is 48.0 Å². The van der Waals surface area contributed by atoms with E-state index in [1.165, 1.54) is 24.5 Å². The average Bonchev–Trinajstić information content (AvgIpc) is 3.20. The molecule has 1 aliphatic rings. The largest absolute Gasteiger partial charge is 0.360 e. The lowest BCUT2D eigenvalue weighted by Crippen LogP contribution is -2.57. The number of benzene rings is 1. The lowest BCUT2D eigenvalue weighted by atomic mass is 9.97. The molecule has 160 valence electrons. The second kappa shape index (κ2) is 11.3. The normalized spacial score (nSPS) is 14.7. The van der Waals surface area contributed by atoms with Crippen LogP contribution in [-0.2, 0) is 17.1 Å². The van der Waals surface area contributed by atoms with Crippen molar-refractivity contribution in [3.05, 3.63) is 63.9 Å². The highest BCUT2D eigenvalue weighted by Crippen LogP contribution is 2.26. The number of hydrogen-bond donors (Lipinski definition) is 3. The van der Waals surface area contributed by atoms with Crippen LogP contribution in [0.15, 0.2) is 42.7 Å². The molecule has 0 spiro atoms. The van der Waals surface area contributed by atoms with Crippen molar-refractivity contribution < 1.29 is 15.0 Å². The van der Waals surface area contributed by atoms with E-state index in [4.69, 9.17) is 23.2 Å². The molecular formula is C19H23Cl4N3O3. The van der Waals surface area contributed by atoms with Crippen LogP contribution in [0.2, 0.25) is 10.0 Å². The third-order valence-electron chi connectivity index (χ3n) is 4.67. The van der Waals surface area contributed by atoms with Crippen LogP contribution in [0, 0.1) is 0 Å². The maximum absolute atomic E-state index is 13.0. The van der Waals surface area contributed by atoms with Crippen LogP contribution in [0.3, 0.4) is 0 Å². The third kappa shape index (κ3) is 6.18. The molecule has 1 atom stereocenters. The number of carbonyl (C=O) groups is 1.